The van der Waals surface area contributed by atoms with Crippen LogP contribution in [0.4, 0.5) is 0 Å². The van der Waals surface area contributed by atoms with E-state index < -0.39 is 0 Å². The molecule has 1 aliphatic heterocycles. The third kappa shape index (κ3) is 2.71. The number of fused-ring (bicyclic) bond motifs is 1. The van der Waals surface area contributed by atoms with Gasteiger partial charge in [0.25, 0.3) is 5.91 Å². The maximum Gasteiger partial charge on any atom is 0.258 e. The van der Waals surface area contributed by atoms with Gasteiger partial charge in [0.2, 0.25) is 0 Å². The van der Waals surface area contributed by atoms with Gasteiger partial charge in [0.1, 0.15) is 11.9 Å². The molecule has 1 atom stereocenters. The summed E-state index contributed by atoms with van der Waals surface area (Å²) in [4.78, 5) is 20.0. The van der Waals surface area contributed by atoms with E-state index in [1.165, 1.54) is 0 Å². The standard InChI is InChI=1S/C20H23N5O/c1-3-25-15(2)17(14-22-25)20(26)24-12-7-11-23-13-10-21-19(23)18(24)16-8-5-4-6-9-16/h4-6,8-10,13-14,18H,3,7,11-12H2,1-2H3. The van der Waals surface area contributed by atoms with Crippen LogP contribution in [-0.4, -0.2) is 36.7 Å². The molecule has 0 radical (unpaired) electrons. The molecule has 134 valence electrons. The van der Waals surface area contributed by atoms with E-state index in [0.29, 0.717) is 12.1 Å². The van der Waals surface area contributed by atoms with Gasteiger partial charge >= 0.3 is 0 Å². The highest BCUT2D eigenvalue weighted by Gasteiger charge is 2.33. The minimum absolute atomic E-state index is 0.0208. The third-order valence-corrected chi connectivity index (χ3v) is 5.11. The summed E-state index contributed by atoms with van der Waals surface area (Å²) < 4.78 is 4.02. The van der Waals surface area contributed by atoms with E-state index in [1.807, 2.05) is 54.0 Å². The first kappa shape index (κ1) is 16.6. The van der Waals surface area contributed by atoms with Crippen LogP contribution >= 0.6 is 0 Å². The first-order valence-corrected chi connectivity index (χ1v) is 9.10. The van der Waals surface area contributed by atoms with Crippen molar-refractivity contribution in [2.24, 2.45) is 0 Å². The molecule has 3 heterocycles. The van der Waals surface area contributed by atoms with Crippen molar-refractivity contribution in [3.05, 3.63) is 71.6 Å². The Balaban J connectivity index is 1.80. The van der Waals surface area contributed by atoms with Gasteiger partial charge in [0, 0.05) is 37.7 Å². The Morgan fingerprint density at radius 3 is 2.77 bits per heavy atom. The molecular weight excluding hydrogens is 326 g/mol. The molecule has 3 aromatic rings. The number of aromatic nitrogens is 4. The Morgan fingerprint density at radius 2 is 2.04 bits per heavy atom. The van der Waals surface area contributed by atoms with Crippen LogP contribution in [0.2, 0.25) is 0 Å². The molecule has 4 rings (SSSR count). The number of benzene rings is 1. The minimum Gasteiger partial charge on any atom is -0.333 e. The summed E-state index contributed by atoms with van der Waals surface area (Å²) >= 11 is 0. The molecule has 0 bridgehead atoms. The van der Waals surface area contributed by atoms with Gasteiger partial charge < -0.3 is 9.47 Å². The van der Waals surface area contributed by atoms with Gasteiger partial charge in [-0.2, -0.15) is 5.10 Å². The van der Waals surface area contributed by atoms with Crippen molar-refractivity contribution in [1.29, 1.82) is 0 Å². The number of hydrogen-bond donors (Lipinski definition) is 0. The second-order valence-electron chi connectivity index (χ2n) is 6.60. The molecule has 26 heavy (non-hydrogen) atoms. The highest BCUT2D eigenvalue weighted by atomic mass is 16.2. The predicted molar refractivity (Wildman–Crippen MR) is 98.8 cm³/mol. The monoisotopic (exact) mass is 349 g/mol. The van der Waals surface area contributed by atoms with Gasteiger partial charge in [0.15, 0.2) is 0 Å². The van der Waals surface area contributed by atoms with Crippen LogP contribution in [0.25, 0.3) is 0 Å². The van der Waals surface area contributed by atoms with Gasteiger partial charge in [0.05, 0.1) is 11.8 Å². The average molecular weight is 349 g/mol. The fourth-order valence-electron chi connectivity index (χ4n) is 3.75. The quantitative estimate of drug-likeness (QED) is 0.730. The molecule has 0 saturated heterocycles. The van der Waals surface area contributed by atoms with Crippen LogP contribution in [0, 0.1) is 6.92 Å². The van der Waals surface area contributed by atoms with Crippen molar-refractivity contribution in [2.75, 3.05) is 6.54 Å². The Kier molecular flexibility index (Phi) is 4.32. The van der Waals surface area contributed by atoms with Crippen molar-refractivity contribution >= 4 is 5.91 Å². The third-order valence-electron chi connectivity index (χ3n) is 5.11. The van der Waals surface area contributed by atoms with E-state index in [0.717, 1.165) is 36.6 Å². The van der Waals surface area contributed by atoms with Crippen LogP contribution in [-0.2, 0) is 13.1 Å². The van der Waals surface area contributed by atoms with Crippen LogP contribution in [0.15, 0.2) is 48.9 Å². The number of aryl methyl sites for hydroxylation is 2. The molecule has 0 N–H and O–H groups in total. The molecule has 1 aromatic carbocycles. The zero-order chi connectivity index (χ0) is 18.1. The molecule has 0 fully saturated rings. The Bertz CT molecular complexity index is 911. The summed E-state index contributed by atoms with van der Waals surface area (Å²) in [6, 6.07) is 9.96. The summed E-state index contributed by atoms with van der Waals surface area (Å²) in [5.41, 5.74) is 2.67. The van der Waals surface area contributed by atoms with Gasteiger partial charge in [-0.1, -0.05) is 30.3 Å². The molecule has 6 heteroatoms. The van der Waals surface area contributed by atoms with Crippen molar-refractivity contribution in [2.45, 2.75) is 39.4 Å². The minimum atomic E-state index is -0.189. The van der Waals surface area contributed by atoms with Gasteiger partial charge in [-0.05, 0) is 25.8 Å². The number of hydrogen-bond acceptors (Lipinski definition) is 3. The highest BCUT2D eigenvalue weighted by Crippen LogP contribution is 2.32. The summed E-state index contributed by atoms with van der Waals surface area (Å²) in [6.45, 7) is 6.31. The van der Waals surface area contributed by atoms with Crippen molar-refractivity contribution in [3.63, 3.8) is 0 Å². The zero-order valence-corrected chi connectivity index (χ0v) is 15.2. The lowest BCUT2D eigenvalue weighted by Gasteiger charge is -2.29. The molecule has 1 amide bonds. The highest BCUT2D eigenvalue weighted by molar-refractivity contribution is 5.95. The maximum atomic E-state index is 13.5. The lowest BCUT2D eigenvalue weighted by molar-refractivity contribution is 0.0706. The van der Waals surface area contributed by atoms with E-state index in [1.54, 1.807) is 6.20 Å². The van der Waals surface area contributed by atoms with Gasteiger partial charge in [-0.25, -0.2) is 4.98 Å². The summed E-state index contributed by atoms with van der Waals surface area (Å²) in [5.74, 6) is 0.940. The molecule has 1 unspecified atom stereocenters. The normalized spacial score (nSPS) is 17.0. The Labute approximate surface area is 153 Å². The molecule has 1 aliphatic rings. The van der Waals surface area contributed by atoms with Crippen molar-refractivity contribution in [3.8, 4) is 0 Å². The Morgan fingerprint density at radius 1 is 1.23 bits per heavy atom. The smallest absolute Gasteiger partial charge is 0.258 e. The first-order valence-electron chi connectivity index (χ1n) is 9.10. The van der Waals surface area contributed by atoms with Crippen molar-refractivity contribution in [1.82, 2.24) is 24.2 Å². The van der Waals surface area contributed by atoms with Crippen LogP contribution in [0.1, 0.15) is 46.8 Å². The topological polar surface area (TPSA) is 56.0 Å². The molecular formula is C20H23N5O. The molecule has 6 nitrogen and oxygen atoms in total. The molecule has 2 aromatic heterocycles. The van der Waals surface area contributed by atoms with Crippen LogP contribution in [0.3, 0.4) is 0 Å². The largest absolute Gasteiger partial charge is 0.333 e. The number of amides is 1. The second kappa shape index (κ2) is 6.78. The van der Waals surface area contributed by atoms with E-state index in [9.17, 15) is 4.79 Å². The molecule has 0 saturated carbocycles. The van der Waals surface area contributed by atoms with E-state index in [4.69, 9.17) is 0 Å². The van der Waals surface area contributed by atoms with E-state index in [-0.39, 0.29) is 11.9 Å². The lowest BCUT2D eigenvalue weighted by atomic mass is 10.0. The summed E-state index contributed by atoms with van der Waals surface area (Å²) in [5, 5.41) is 4.35. The Hall–Kier alpha value is -2.89. The summed E-state index contributed by atoms with van der Waals surface area (Å²) in [7, 11) is 0. The number of imidazole rings is 1. The SMILES string of the molecule is CCn1ncc(C(=O)N2CCCn3ccnc3C2c2ccccc2)c1C. The lowest BCUT2D eigenvalue weighted by Crippen LogP contribution is -2.36. The first-order chi connectivity index (χ1) is 12.7. The zero-order valence-electron chi connectivity index (χ0n) is 15.2. The average Bonchev–Trinajstić information content (AvgIpc) is 3.23. The van der Waals surface area contributed by atoms with Crippen molar-refractivity contribution < 1.29 is 4.79 Å². The predicted octanol–water partition coefficient (Wildman–Crippen LogP) is 3.04. The fraction of sp³-hybridized carbons (Fsp3) is 0.350. The summed E-state index contributed by atoms with van der Waals surface area (Å²) in [6.07, 6.45) is 6.42. The molecule has 0 spiro atoms. The van der Waals surface area contributed by atoms with Crippen LogP contribution in [0.5, 0.6) is 0 Å². The van der Waals surface area contributed by atoms with Crippen LogP contribution < -0.4 is 0 Å². The van der Waals surface area contributed by atoms with Gasteiger partial charge in [-0.3, -0.25) is 9.48 Å². The maximum absolute atomic E-state index is 13.5. The van der Waals surface area contributed by atoms with E-state index in [2.05, 4.69) is 26.8 Å². The number of rotatable bonds is 3. The molecule has 0 aliphatic carbocycles. The second-order valence-corrected chi connectivity index (χ2v) is 6.60. The van der Waals surface area contributed by atoms with Gasteiger partial charge in [-0.15, -0.1) is 0 Å². The number of carbonyl (C=O) groups excluding carboxylic acids is 1. The number of nitrogens with zero attached hydrogens (tertiary/aromatic N) is 5. The fourth-order valence-corrected chi connectivity index (χ4v) is 3.75. The number of carbonyl (C=O) groups is 1. The van der Waals surface area contributed by atoms with E-state index >= 15 is 0 Å².